The van der Waals surface area contributed by atoms with Crippen LogP contribution in [0.1, 0.15) is 49.9 Å². The molecule has 1 rings (SSSR count). The second-order valence-electron chi connectivity index (χ2n) is 5.72. The molecule has 0 saturated heterocycles. The van der Waals surface area contributed by atoms with Crippen LogP contribution in [-0.2, 0) is 0 Å². The Morgan fingerprint density at radius 2 is 1.65 bits per heavy atom. The van der Waals surface area contributed by atoms with Crippen molar-refractivity contribution in [1.29, 1.82) is 0 Å². The lowest BCUT2D eigenvalue weighted by Gasteiger charge is -2.22. The number of unbranched alkanes of at least 4 members (excludes halogenated alkanes) is 2. The van der Waals surface area contributed by atoms with E-state index in [0.29, 0.717) is 17.7 Å². The molecule has 0 fully saturated rings. The maximum Gasteiger partial charge on any atom is 0.269 e. The van der Waals surface area contributed by atoms with Crippen LogP contribution in [0.3, 0.4) is 0 Å². The molecule has 0 aliphatic heterocycles. The van der Waals surface area contributed by atoms with Gasteiger partial charge in [0.25, 0.3) is 5.69 Å². The second kappa shape index (κ2) is 9.90. The van der Waals surface area contributed by atoms with Crippen LogP contribution < -0.4 is 0 Å². The summed E-state index contributed by atoms with van der Waals surface area (Å²) in [6.07, 6.45) is 4.43. The fourth-order valence-electron chi connectivity index (χ4n) is 2.31. The lowest BCUT2D eigenvalue weighted by Crippen LogP contribution is -2.30. The van der Waals surface area contributed by atoms with Crippen LogP contribution in [0, 0.1) is 10.1 Å². The standard InChI is InChI=1S/C18H26N2O3/c1-4-6-12-19(13-7-5-2)14-15(3)18(21)16-8-10-17(11-9-16)20(22)23/h8-11H,3-7,12-14H2,1-2H3. The van der Waals surface area contributed by atoms with Crippen LogP contribution in [0.15, 0.2) is 36.4 Å². The topological polar surface area (TPSA) is 63.5 Å². The first kappa shape index (κ1) is 19.0. The number of non-ortho nitro benzene ring substituents is 1. The second-order valence-corrected chi connectivity index (χ2v) is 5.72. The SMILES string of the molecule is C=C(CN(CCCC)CCCC)C(=O)c1ccc([N+](=O)[O-])cc1. The van der Waals surface area contributed by atoms with E-state index < -0.39 is 4.92 Å². The van der Waals surface area contributed by atoms with Crippen LogP contribution in [0.4, 0.5) is 5.69 Å². The van der Waals surface area contributed by atoms with E-state index in [2.05, 4.69) is 25.3 Å². The number of nitro benzene ring substituents is 1. The Hall–Kier alpha value is -2.01. The molecule has 1 aromatic rings. The number of nitro groups is 1. The minimum Gasteiger partial charge on any atom is -0.299 e. The van der Waals surface area contributed by atoms with E-state index >= 15 is 0 Å². The lowest BCUT2D eigenvalue weighted by atomic mass is 10.0. The quantitative estimate of drug-likeness (QED) is 0.265. The van der Waals surface area contributed by atoms with Crippen LogP contribution in [0.2, 0.25) is 0 Å². The molecule has 0 atom stereocenters. The van der Waals surface area contributed by atoms with Crippen molar-refractivity contribution >= 4 is 11.5 Å². The highest BCUT2D eigenvalue weighted by Gasteiger charge is 2.15. The van der Waals surface area contributed by atoms with Crippen molar-refractivity contribution in [1.82, 2.24) is 4.90 Å². The van der Waals surface area contributed by atoms with E-state index in [1.54, 1.807) is 0 Å². The number of carbonyl (C=O) groups is 1. The monoisotopic (exact) mass is 318 g/mol. The zero-order chi connectivity index (χ0) is 17.2. The Balaban J connectivity index is 2.69. The van der Waals surface area contributed by atoms with Gasteiger partial charge in [-0.2, -0.15) is 0 Å². The third kappa shape index (κ3) is 6.32. The molecule has 0 spiro atoms. The molecule has 1 aromatic carbocycles. The van der Waals surface area contributed by atoms with Gasteiger partial charge in [0.1, 0.15) is 0 Å². The van der Waals surface area contributed by atoms with Crippen LogP contribution in [0.25, 0.3) is 0 Å². The molecular weight excluding hydrogens is 292 g/mol. The van der Waals surface area contributed by atoms with Crippen molar-refractivity contribution < 1.29 is 9.72 Å². The maximum atomic E-state index is 12.4. The minimum absolute atomic E-state index is 0.0142. The van der Waals surface area contributed by atoms with Crippen molar-refractivity contribution in [2.75, 3.05) is 19.6 Å². The van der Waals surface area contributed by atoms with E-state index in [-0.39, 0.29) is 11.5 Å². The molecule has 23 heavy (non-hydrogen) atoms. The van der Waals surface area contributed by atoms with Crippen molar-refractivity contribution in [3.63, 3.8) is 0 Å². The molecule has 5 heteroatoms. The lowest BCUT2D eigenvalue weighted by molar-refractivity contribution is -0.384. The number of benzene rings is 1. The molecule has 0 saturated carbocycles. The number of Topliss-reactive ketones (excluding diaryl/α,β-unsaturated/α-hetero) is 1. The molecule has 0 aliphatic carbocycles. The van der Waals surface area contributed by atoms with Gasteiger partial charge in [0, 0.05) is 29.8 Å². The molecule has 0 aromatic heterocycles. The molecule has 0 heterocycles. The smallest absolute Gasteiger partial charge is 0.269 e. The van der Waals surface area contributed by atoms with Gasteiger partial charge < -0.3 is 0 Å². The first-order valence-corrected chi connectivity index (χ1v) is 8.18. The molecule has 5 nitrogen and oxygen atoms in total. The third-order valence-corrected chi connectivity index (χ3v) is 3.73. The Kier molecular flexibility index (Phi) is 8.19. The Morgan fingerprint density at radius 3 is 2.09 bits per heavy atom. The number of carbonyl (C=O) groups excluding carboxylic acids is 1. The average molecular weight is 318 g/mol. The number of hydrogen-bond acceptors (Lipinski definition) is 4. The minimum atomic E-state index is -0.472. The van der Waals surface area contributed by atoms with Crippen molar-refractivity contribution in [3.05, 3.63) is 52.1 Å². The first-order valence-electron chi connectivity index (χ1n) is 8.18. The highest BCUT2D eigenvalue weighted by Crippen LogP contribution is 2.15. The summed E-state index contributed by atoms with van der Waals surface area (Å²) in [6.45, 7) is 10.7. The summed E-state index contributed by atoms with van der Waals surface area (Å²) < 4.78 is 0. The maximum absolute atomic E-state index is 12.4. The summed E-state index contributed by atoms with van der Waals surface area (Å²) in [5, 5.41) is 10.7. The molecule has 0 radical (unpaired) electrons. The molecular formula is C18H26N2O3. The van der Waals surface area contributed by atoms with Gasteiger partial charge in [0.05, 0.1) is 4.92 Å². The van der Waals surface area contributed by atoms with E-state index in [9.17, 15) is 14.9 Å². The molecule has 0 amide bonds. The van der Waals surface area contributed by atoms with Gasteiger partial charge in [-0.1, -0.05) is 33.3 Å². The third-order valence-electron chi connectivity index (χ3n) is 3.73. The van der Waals surface area contributed by atoms with Crippen LogP contribution in [-0.4, -0.2) is 35.2 Å². The summed E-state index contributed by atoms with van der Waals surface area (Å²) in [7, 11) is 0. The Morgan fingerprint density at radius 1 is 1.13 bits per heavy atom. The van der Waals surface area contributed by atoms with Gasteiger partial charge in [-0.05, 0) is 38.1 Å². The fourth-order valence-corrected chi connectivity index (χ4v) is 2.31. The van der Waals surface area contributed by atoms with Crippen LogP contribution in [0.5, 0.6) is 0 Å². The van der Waals surface area contributed by atoms with E-state index in [1.165, 1.54) is 24.3 Å². The largest absolute Gasteiger partial charge is 0.299 e. The van der Waals surface area contributed by atoms with E-state index in [4.69, 9.17) is 0 Å². The Bertz CT molecular complexity index is 530. The molecule has 126 valence electrons. The van der Waals surface area contributed by atoms with E-state index in [0.717, 1.165) is 38.8 Å². The van der Waals surface area contributed by atoms with Gasteiger partial charge in [0.2, 0.25) is 0 Å². The molecule has 0 aliphatic rings. The van der Waals surface area contributed by atoms with Crippen molar-refractivity contribution in [2.24, 2.45) is 0 Å². The number of nitrogens with zero attached hydrogens (tertiary/aromatic N) is 2. The predicted molar refractivity (Wildman–Crippen MR) is 92.8 cm³/mol. The van der Waals surface area contributed by atoms with Gasteiger partial charge in [-0.3, -0.25) is 19.8 Å². The first-order chi connectivity index (χ1) is 11.0. The fraction of sp³-hybridized carbons (Fsp3) is 0.500. The zero-order valence-corrected chi connectivity index (χ0v) is 14.1. The summed E-state index contributed by atoms with van der Waals surface area (Å²) in [6, 6.07) is 5.70. The molecule has 0 unspecified atom stereocenters. The van der Waals surface area contributed by atoms with Crippen molar-refractivity contribution in [2.45, 2.75) is 39.5 Å². The normalized spacial score (nSPS) is 10.7. The summed E-state index contributed by atoms with van der Waals surface area (Å²) in [5.74, 6) is -0.141. The number of rotatable bonds is 11. The molecule has 0 N–H and O–H groups in total. The number of hydrogen-bond donors (Lipinski definition) is 0. The molecule has 0 bridgehead atoms. The number of ketones is 1. The van der Waals surface area contributed by atoms with Gasteiger partial charge >= 0.3 is 0 Å². The van der Waals surface area contributed by atoms with Crippen molar-refractivity contribution in [3.8, 4) is 0 Å². The highest BCUT2D eigenvalue weighted by molar-refractivity contribution is 6.08. The van der Waals surface area contributed by atoms with Crippen LogP contribution >= 0.6 is 0 Å². The summed E-state index contributed by atoms with van der Waals surface area (Å²) >= 11 is 0. The Labute approximate surface area is 138 Å². The van der Waals surface area contributed by atoms with Gasteiger partial charge in [-0.25, -0.2) is 0 Å². The predicted octanol–water partition coefficient (Wildman–Crippen LogP) is 4.24. The van der Waals surface area contributed by atoms with E-state index in [1.807, 2.05) is 0 Å². The highest BCUT2D eigenvalue weighted by atomic mass is 16.6. The average Bonchev–Trinajstić information content (AvgIpc) is 2.56. The summed E-state index contributed by atoms with van der Waals surface area (Å²) in [5.41, 5.74) is 0.970. The van der Waals surface area contributed by atoms with Gasteiger partial charge in [0.15, 0.2) is 5.78 Å². The van der Waals surface area contributed by atoms with Gasteiger partial charge in [-0.15, -0.1) is 0 Å². The summed E-state index contributed by atoms with van der Waals surface area (Å²) in [4.78, 5) is 24.9. The zero-order valence-electron chi connectivity index (χ0n) is 14.1.